The van der Waals surface area contributed by atoms with Gasteiger partial charge in [-0.3, -0.25) is 4.90 Å². The van der Waals surface area contributed by atoms with E-state index in [0.717, 1.165) is 23.5 Å². The first-order chi connectivity index (χ1) is 11.7. The fourth-order valence-electron chi connectivity index (χ4n) is 2.71. The van der Waals surface area contributed by atoms with Crippen molar-refractivity contribution in [2.24, 2.45) is 0 Å². The molecule has 0 bridgehead atoms. The van der Waals surface area contributed by atoms with Crippen molar-refractivity contribution in [2.75, 3.05) is 13.1 Å². The summed E-state index contributed by atoms with van der Waals surface area (Å²) in [6, 6.07) is 4.57. The maximum absolute atomic E-state index is 13.3. The summed E-state index contributed by atoms with van der Waals surface area (Å²) in [7, 11) is 0. The van der Waals surface area contributed by atoms with Gasteiger partial charge in [-0.05, 0) is 12.1 Å². The molecule has 1 aromatic heterocycles. The minimum absolute atomic E-state index is 0.183. The molecule has 1 saturated heterocycles. The van der Waals surface area contributed by atoms with Crippen molar-refractivity contribution in [3.63, 3.8) is 0 Å². The van der Waals surface area contributed by atoms with Crippen LogP contribution in [-0.2, 0) is 19.3 Å². The molecule has 1 aromatic carbocycles. The first-order valence-electron chi connectivity index (χ1n) is 7.55. The van der Waals surface area contributed by atoms with E-state index in [2.05, 4.69) is 4.98 Å². The van der Waals surface area contributed by atoms with E-state index in [1.165, 1.54) is 12.1 Å². The highest BCUT2D eigenvalue weighted by atomic mass is 32.1. The van der Waals surface area contributed by atoms with E-state index >= 15 is 0 Å². The first-order valence-corrected chi connectivity index (χ1v) is 8.37. The van der Waals surface area contributed by atoms with Crippen LogP contribution in [0.4, 0.5) is 22.0 Å². The number of benzene rings is 1. The second kappa shape index (κ2) is 6.62. The molecule has 2 heterocycles. The summed E-state index contributed by atoms with van der Waals surface area (Å²) in [6.45, 7) is -0.226. The summed E-state index contributed by atoms with van der Waals surface area (Å²) in [4.78, 5) is 6.44. The Balaban J connectivity index is 1.81. The van der Waals surface area contributed by atoms with Crippen molar-refractivity contribution in [1.29, 1.82) is 0 Å². The lowest BCUT2D eigenvalue weighted by molar-refractivity contribution is -0.137. The molecule has 0 radical (unpaired) electrons. The lowest BCUT2D eigenvalue weighted by Crippen LogP contribution is -2.25. The predicted molar refractivity (Wildman–Crippen MR) is 83.3 cm³/mol. The molecule has 3 rings (SSSR count). The van der Waals surface area contributed by atoms with E-state index in [1.54, 1.807) is 4.90 Å². The van der Waals surface area contributed by atoms with Crippen LogP contribution in [0.3, 0.4) is 0 Å². The fourth-order valence-corrected chi connectivity index (χ4v) is 3.65. The number of hydrogen-bond acceptors (Lipinski definition) is 4. The van der Waals surface area contributed by atoms with E-state index in [1.807, 2.05) is 0 Å². The Morgan fingerprint density at radius 1 is 1.20 bits per heavy atom. The highest BCUT2D eigenvalue weighted by molar-refractivity contribution is 7.15. The second-order valence-corrected chi connectivity index (χ2v) is 7.02. The number of rotatable bonds is 4. The third kappa shape index (κ3) is 4.16. The molecule has 0 aliphatic carbocycles. The summed E-state index contributed by atoms with van der Waals surface area (Å²) < 4.78 is 64.4. The molecule has 1 fully saturated rings. The Bertz CT molecular complexity index is 742. The molecule has 3 nitrogen and oxygen atoms in total. The molecule has 9 heteroatoms. The van der Waals surface area contributed by atoms with E-state index in [9.17, 15) is 27.1 Å². The molecule has 0 amide bonds. The number of aromatic nitrogens is 1. The van der Waals surface area contributed by atoms with Gasteiger partial charge in [0.05, 0.1) is 29.3 Å². The van der Waals surface area contributed by atoms with Gasteiger partial charge in [0.15, 0.2) is 0 Å². The van der Waals surface area contributed by atoms with Crippen LogP contribution in [0.2, 0.25) is 0 Å². The third-order valence-corrected chi connectivity index (χ3v) is 5.13. The summed E-state index contributed by atoms with van der Waals surface area (Å²) in [5, 5.41) is 9.92. The van der Waals surface area contributed by atoms with Crippen molar-refractivity contribution < 1.29 is 27.1 Å². The van der Waals surface area contributed by atoms with Gasteiger partial charge in [0.2, 0.25) is 0 Å². The molecule has 136 valence electrons. The Hall–Kier alpha value is -1.58. The maximum atomic E-state index is 13.3. The zero-order chi connectivity index (χ0) is 18.2. The maximum Gasteiger partial charge on any atom is 0.416 e. The lowest BCUT2D eigenvalue weighted by atomic mass is 10.1. The van der Waals surface area contributed by atoms with Crippen molar-refractivity contribution >= 4 is 11.3 Å². The summed E-state index contributed by atoms with van der Waals surface area (Å²) in [5.74, 6) is -2.72. The molecule has 25 heavy (non-hydrogen) atoms. The number of nitrogens with zero attached hydrogens (tertiary/aromatic N) is 2. The van der Waals surface area contributed by atoms with Crippen molar-refractivity contribution in [3.8, 4) is 10.6 Å². The largest absolute Gasteiger partial charge is 0.416 e. The Morgan fingerprint density at radius 2 is 1.88 bits per heavy atom. The Labute approximate surface area is 144 Å². The van der Waals surface area contributed by atoms with Crippen LogP contribution < -0.4 is 0 Å². The van der Waals surface area contributed by atoms with Gasteiger partial charge in [-0.15, -0.1) is 11.3 Å². The molecule has 1 N–H and O–H groups in total. The number of thiazole rings is 1. The smallest absolute Gasteiger partial charge is 0.391 e. The van der Waals surface area contributed by atoms with Gasteiger partial charge in [-0.25, -0.2) is 13.8 Å². The fraction of sp³-hybridized carbons (Fsp3) is 0.438. The van der Waals surface area contributed by atoms with Crippen LogP contribution in [0.15, 0.2) is 24.3 Å². The van der Waals surface area contributed by atoms with Gasteiger partial charge >= 0.3 is 6.18 Å². The molecule has 0 unspecified atom stereocenters. The zero-order valence-electron chi connectivity index (χ0n) is 13.0. The summed E-state index contributed by atoms with van der Waals surface area (Å²) >= 11 is 1.15. The SMILES string of the molecule is OCc1sc(-c2ccc(C(F)(F)F)cc2)nc1CN1CCC(F)(F)C1. The van der Waals surface area contributed by atoms with Crippen LogP contribution >= 0.6 is 11.3 Å². The molecule has 1 aliphatic rings. The van der Waals surface area contributed by atoms with Gasteiger partial charge < -0.3 is 5.11 Å². The van der Waals surface area contributed by atoms with E-state index in [0.29, 0.717) is 21.1 Å². The minimum Gasteiger partial charge on any atom is -0.391 e. The molecule has 0 spiro atoms. The topological polar surface area (TPSA) is 36.4 Å². The van der Waals surface area contributed by atoms with Gasteiger partial charge in [0, 0.05) is 25.1 Å². The lowest BCUT2D eigenvalue weighted by Gasteiger charge is -2.14. The molecule has 1 aliphatic heterocycles. The predicted octanol–water partition coefficient (Wildman–Crippen LogP) is 4.16. The summed E-state index contributed by atoms with van der Waals surface area (Å²) in [5.41, 5.74) is 0.223. The molecular weight excluding hydrogens is 363 g/mol. The number of aliphatic hydroxyl groups is 1. The van der Waals surface area contributed by atoms with E-state index in [4.69, 9.17) is 0 Å². The number of hydrogen-bond donors (Lipinski definition) is 1. The Morgan fingerprint density at radius 3 is 2.40 bits per heavy atom. The molecule has 2 aromatic rings. The highest BCUT2D eigenvalue weighted by Crippen LogP contribution is 2.34. The van der Waals surface area contributed by atoms with Crippen molar-refractivity contribution in [2.45, 2.75) is 31.7 Å². The molecular formula is C16H15F5N2OS. The van der Waals surface area contributed by atoms with E-state index in [-0.39, 0.29) is 32.7 Å². The standard InChI is InChI=1S/C16H15F5N2OS/c17-15(18)5-6-23(9-15)7-12-13(8-24)25-14(22-12)10-1-3-11(4-2-10)16(19,20)21/h1-4,24H,5-9H2. The van der Waals surface area contributed by atoms with Gasteiger partial charge in [0.25, 0.3) is 5.92 Å². The van der Waals surface area contributed by atoms with Crippen LogP contribution in [0, 0.1) is 0 Å². The average Bonchev–Trinajstić information content (AvgIpc) is 3.10. The third-order valence-electron chi connectivity index (χ3n) is 4.00. The molecule has 0 saturated carbocycles. The van der Waals surface area contributed by atoms with Gasteiger partial charge in [-0.1, -0.05) is 12.1 Å². The minimum atomic E-state index is -4.41. The van der Waals surface area contributed by atoms with Crippen LogP contribution in [-0.4, -0.2) is 34.0 Å². The number of likely N-dealkylation sites (tertiary alicyclic amines) is 1. The molecule has 0 atom stereocenters. The first kappa shape index (κ1) is 18.2. The Kier molecular flexibility index (Phi) is 4.82. The quantitative estimate of drug-likeness (QED) is 0.812. The zero-order valence-corrected chi connectivity index (χ0v) is 13.8. The average molecular weight is 378 g/mol. The van der Waals surface area contributed by atoms with Gasteiger partial charge in [-0.2, -0.15) is 13.2 Å². The highest BCUT2D eigenvalue weighted by Gasteiger charge is 2.38. The number of aliphatic hydroxyl groups excluding tert-OH is 1. The van der Waals surface area contributed by atoms with Gasteiger partial charge in [0.1, 0.15) is 5.01 Å². The second-order valence-electron chi connectivity index (χ2n) is 5.94. The van der Waals surface area contributed by atoms with Crippen molar-refractivity contribution in [1.82, 2.24) is 9.88 Å². The van der Waals surface area contributed by atoms with Crippen LogP contribution in [0.25, 0.3) is 10.6 Å². The summed E-state index contributed by atoms with van der Waals surface area (Å²) in [6.07, 6.45) is -4.62. The van der Waals surface area contributed by atoms with E-state index < -0.39 is 17.7 Å². The normalized spacial score (nSPS) is 18.0. The number of alkyl halides is 5. The van der Waals surface area contributed by atoms with Crippen LogP contribution in [0.5, 0.6) is 0 Å². The number of halogens is 5. The van der Waals surface area contributed by atoms with Crippen LogP contribution in [0.1, 0.15) is 22.6 Å². The monoisotopic (exact) mass is 378 g/mol. The van der Waals surface area contributed by atoms with Crippen molar-refractivity contribution in [3.05, 3.63) is 40.4 Å².